The minimum Gasteiger partial charge on any atom is -0.321 e. The molecule has 1 heterocycles. The van der Waals surface area contributed by atoms with Crippen LogP contribution in [0.15, 0.2) is 12.4 Å². The molecule has 0 saturated heterocycles. The highest BCUT2D eigenvalue weighted by molar-refractivity contribution is 5.18. The molecular weight excluding hydrogens is 234 g/mol. The summed E-state index contributed by atoms with van der Waals surface area (Å²) in [5, 5.41) is 4.45. The van der Waals surface area contributed by atoms with E-state index in [1.54, 1.807) is 0 Å². The maximum atomic E-state index is 6.70. The highest BCUT2D eigenvalue weighted by Crippen LogP contribution is 2.38. The Morgan fingerprint density at radius 1 is 1.42 bits per heavy atom. The summed E-state index contributed by atoms with van der Waals surface area (Å²) in [5.41, 5.74) is 7.80. The van der Waals surface area contributed by atoms with E-state index >= 15 is 0 Å². The van der Waals surface area contributed by atoms with E-state index in [1.807, 2.05) is 10.9 Å². The van der Waals surface area contributed by atoms with E-state index in [4.69, 9.17) is 5.73 Å². The maximum absolute atomic E-state index is 6.70. The third kappa shape index (κ3) is 3.38. The van der Waals surface area contributed by atoms with E-state index in [0.29, 0.717) is 0 Å². The molecule has 2 rings (SSSR count). The Hall–Kier alpha value is -0.830. The summed E-state index contributed by atoms with van der Waals surface area (Å²) in [7, 11) is 0. The Labute approximate surface area is 117 Å². The lowest BCUT2D eigenvalue weighted by molar-refractivity contribution is 0.325. The van der Waals surface area contributed by atoms with Crippen molar-refractivity contribution in [3.8, 4) is 0 Å². The molecule has 2 atom stereocenters. The van der Waals surface area contributed by atoms with Crippen molar-refractivity contribution in [3.05, 3.63) is 18.0 Å². The molecule has 3 nitrogen and oxygen atoms in total. The SMILES string of the molecule is CCCn1cc(C2(N)CCCC(C(C)C)CC2)cn1. The van der Waals surface area contributed by atoms with Crippen LogP contribution in [-0.2, 0) is 12.1 Å². The van der Waals surface area contributed by atoms with Crippen LogP contribution < -0.4 is 5.73 Å². The van der Waals surface area contributed by atoms with Crippen molar-refractivity contribution in [2.24, 2.45) is 17.6 Å². The monoisotopic (exact) mass is 263 g/mol. The second-order valence-corrected chi connectivity index (χ2v) is 6.58. The maximum Gasteiger partial charge on any atom is 0.0540 e. The summed E-state index contributed by atoms with van der Waals surface area (Å²) in [5.74, 6) is 1.63. The van der Waals surface area contributed by atoms with Crippen molar-refractivity contribution in [1.82, 2.24) is 9.78 Å². The standard InChI is InChI=1S/C16H29N3/c1-4-10-19-12-15(11-18-19)16(17)8-5-6-14(7-9-16)13(2)3/h11-14H,4-10,17H2,1-3H3. The van der Waals surface area contributed by atoms with Gasteiger partial charge in [0, 0.05) is 23.8 Å². The molecule has 19 heavy (non-hydrogen) atoms. The number of nitrogens with zero attached hydrogens (tertiary/aromatic N) is 2. The Kier molecular flexibility index (Phi) is 4.67. The van der Waals surface area contributed by atoms with Gasteiger partial charge in [-0.15, -0.1) is 0 Å². The van der Waals surface area contributed by atoms with Crippen LogP contribution in [0, 0.1) is 11.8 Å². The molecule has 3 heteroatoms. The molecule has 0 aromatic carbocycles. The fourth-order valence-corrected chi connectivity index (χ4v) is 3.32. The summed E-state index contributed by atoms with van der Waals surface area (Å²) in [6, 6.07) is 0. The van der Waals surface area contributed by atoms with Crippen LogP contribution in [0.5, 0.6) is 0 Å². The van der Waals surface area contributed by atoms with Crippen LogP contribution in [0.3, 0.4) is 0 Å². The number of hydrogen-bond acceptors (Lipinski definition) is 2. The summed E-state index contributed by atoms with van der Waals surface area (Å²) in [6.07, 6.45) is 11.3. The number of aryl methyl sites for hydroxylation is 1. The van der Waals surface area contributed by atoms with Gasteiger partial charge in [-0.05, 0) is 37.5 Å². The first-order valence-corrected chi connectivity index (χ1v) is 7.87. The molecule has 0 aliphatic heterocycles. The third-order valence-corrected chi connectivity index (χ3v) is 4.76. The largest absolute Gasteiger partial charge is 0.321 e. The van der Waals surface area contributed by atoms with Gasteiger partial charge in [0.2, 0.25) is 0 Å². The van der Waals surface area contributed by atoms with Gasteiger partial charge in [-0.1, -0.05) is 33.6 Å². The van der Waals surface area contributed by atoms with E-state index in [-0.39, 0.29) is 5.54 Å². The van der Waals surface area contributed by atoms with Crippen LogP contribution >= 0.6 is 0 Å². The lowest BCUT2D eigenvalue weighted by Crippen LogP contribution is -2.35. The van der Waals surface area contributed by atoms with Crippen molar-refractivity contribution < 1.29 is 0 Å². The van der Waals surface area contributed by atoms with Crippen LogP contribution in [0.4, 0.5) is 0 Å². The molecule has 1 saturated carbocycles. The van der Waals surface area contributed by atoms with Gasteiger partial charge in [-0.25, -0.2) is 0 Å². The first kappa shape index (κ1) is 14.6. The highest BCUT2D eigenvalue weighted by Gasteiger charge is 2.32. The molecular formula is C16H29N3. The number of aromatic nitrogens is 2. The van der Waals surface area contributed by atoms with Crippen molar-refractivity contribution in [2.45, 2.75) is 71.4 Å². The topological polar surface area (TPSA) is 43.8 Å². The van der Waals surface area contributed by atoms with Gasteiger partial charge in [0.1, 0.15) is 0 Å². The van der Waals surface area contributed by atoms with Gasteiger partial charge in [-0.2, -0.15) is 5.10 Å². The highest BCUT2D eigenvalue weighted by atomic mass is 15.3. The average molecular weight is 263 g/mol. The van der Waals surface area contributed by atoms with Crippen molar-refractivity contribution in [2.75, 3.05) is 0 Å². The van der Waals surface area contributed by atoms with Gasteiger partial charge in [0.25, 0.3) is 0 Å². The quantitative estimate of drug-likeness (QED) is 0.842. The molecule has 2 unspecified atom stereocenters. The van der Waals surface area contributed by atoms with Gasteiger partial charge in [-0.3, -0.25) is 4.68 Å². The zero-order valence-corrected chi connectivity index (χ0v) is 12.7. The summed E-state index contributed by atoms with van der Waals surface area (Å²) in [6.45, 7) is 7.85. The number of nitrogens with two attached hydrogens (primary N) is 1. The van der Waals surface area contributed by atoms with E-state index in [0.717, 1.165) is 37.6 Å². The van der Waals surface area contributed by atoms with Crippen molar-refractivity contribution in [3.63, 3.8) is 0 Å². The molecule has 1 aliphatic carbocycles. The Morgan fingerprint density at radius 2 is 2.21 bits per heavy atom. The second-order valence-electron chi connectivity index (χ2n) is 6.58. The van der Waals surface area contributed by atoms with Gasteiger partial charge in [0.05, 0.1) is 6.20 Å². The molecule has 0 amide bonds. The van der Waals surface area contributed by atoms with Crippen LogP contribution in [-0.4, -0.2) is 9.78 Å². The first-order chi connectivity index (χ1) is 9.05. The summed E-state index contributed by atoms with van der Waals surface area (Å²) in [4.78, 5) is 0. The molecule has 1 aromatic heterocycles. The lowest BCUT2D eigenvalue weighted by atomic mass is 9.84. The van der Waals surface area contributed by atoms with E-state index in [9.17, 15) is 0 Å². The fourth-order valence-electron chi connectivity index (χ4n) is 3.32. The van der Waals surface area contributed by atoms with Crippen molar-refractivity contribution >= 4 is 0 Å². The summed E-state index contributed by atoms with van der Waals surface area (Å²) >= 11 is 0. The second kappa shape index (κ2) is 6.08. The first-order valence-electron chi connectivity index (χ1n) is 7.87. The fraction of sp³-hybridized carbons (Fsp3) is 0.812. The predicted octanol–water partition coefficient (Wildman–Crippen LogP) is 3.68. The minimum atomic E-state index is -0.143. The average Bonchev–Trinajstić information content (AvgIpc) is 2.73. The number of hydrogen-bond donors (Lipinski definition) is 1. The predicted molar refractivity (Wildman–Crippen MR) is 79.8 cm³/mol. The van der Waals surface area contributed by atoms with Gasteiger partial charge < -0.3 is 5.73 Å². The van der Waals surface area contributed by atoms with E-state index in [2.05, 4.69) is 32.1 Å². The Bertz CT molecular complexity index is 396. The van der Waals surface area contributed by atoms with Gasteiger partial charge in [0.15, 0.2) is 0 Å². The zero-order valence-electron chi connectivity index (χ0n) is 12.7. The normalized spacial score (nSPS) is 28.6. The molecule has 0 spiro atoms. The summed E-state index contributed by atoms with van der Waals surface area (Å²) < 4.78 is 2.04. The molecule has 0 radical (unpaired) electrons. The Morgan fingerprint density at radius 3 is 2.89 bits per heavy atom. The Balaban J connectivity index is 2.08. The van der Waals surface area contributed by atoms with Gasteiger partial charge >= 0.3 is 0 Å². The smallest absolute Gasteiger partial charge is 0.0540 e. The lowest BCUT2D eigenvalue weighted by Gasteiger charge is -2.27. The molecule has 108 valence electrons. The van der Waals surface area contributed by atoms with Crippen LogP contribution in [0.2, 0.25) is 0 Å². The minimum absolute atomic E-state index is 0.143. The van der Waals surface area contributed by atoms with Crippen LogP contribution in [0.1, 0.15) is 64.9 Å². The van der Waals surface area contributed by atoms with Crippen molar-refractivity contribution in [1.29, 1.82) is 0 Å². The zero-order chi connectivity index (χ0) is 13.9. The number of rotatable bonds is 4. The molecule has 1 fully saturated rings. The molecule has 1 aliphatic rings. The molecule has 1 aromatic rings. The third-order valence-electron chi connectivity index (χ3n) is 4.76. The molecule has 2 N–H and O–H groups in total. The van der Waals surface area contributed by atoms with Crippen LogP contribution in [0.25, 0.3) is 0 Å². The van der Waals surface area contributed by atoms with E-state index in [1.165, 1.54) is 24.8 Å². The van der Waals surface area contributed by atoms with E-state index < -0.39 is 0 Å². The molecule has 0 bridgehead atoms.